The number of nitriles is 1. The zero-order valence-electron chi connectivity index (χ0n) is 14.7. The van der Waals surface area contributed by atoms with E-state index in [1.54, 1.807) is 18.2 Å². The molecule has 0 aliphatic rings. The first-order chi connectivity index (χ1) is 13.1. The van der Waals surface area contributed by atoms with Crippen LogP contribution in [-0.4, -0.2) is 12.5 Å². The average molecular weight is 421 g/mol. The Morgan fingerprint density at radius 2 is 1.93 bits per heavy atom. The van der Waals surface area contributed by atoms with E-state index in [9.17, 15) is 10.1 Å². The fraction of sp³-hybridized carbons (Fsp3) is 0.0909. The molecule has 0 radical (unpaired) electrons. The lowest BCUT2D eigenvalue weighted by atomic mass is 10.0. The summed E-state index contributed by atoms with van der Waals surface area (Å²) < 4.78 is 6.52. The van der Waals surface area contributed by atoms with E-state index < -0.39 is 5.91 Å². The molecule has 0 atom stereocenters. The minimum absolute atomic E-state index is 0.0317. The number of hydrogen-bond acceptors (Lipinski definition) is 3. The van der Waals surface area contributed by atoms with Crippen LogP contribution in [0.25, 0.3) is 16.8 Å². The van der Waals surface area contributed by atoms with Crippen LogP contribution in [0, 0.1) is 11.3 Å². The molecule has 0 saturated carbocycles. The van der Waals surface area contributed by atoms with E-state index >= 15 is 0 Å². The predicted octanol–water partition coefficient (Wildman–Crippen LogP) is 5.55. The van der Waals surface area contributed by atoms with E-state index in [2.05, 4.69) is 21.2 Å². The van der Waals surface area contributed by atoms with Gasteiger partial charge in [-0.15, -0.1) is 0 Å². The molecule has 0 fully saturated rings. The van der Waals surface area contributed by atoms with E-state index in [-0.39, 0.29) is 5.57 Å². The average Bonchev–Trinajstić information content (AvgIpc) is 2.67. The predicted molar refractivity (Wildman–Crippen MR) is 111 cm³/mol. The number of fused-ring (bicyclic) bond motifs is 1. The van der Waals surface area contributed by atoms with E-state index in [1.165, 1.54) is 0 Å². The number of ether oxygens (including phenoxy) is 1. The minimum Gasteiger partial charge on any atom is -0.493 e. The van der Waals surface area contributed by atoms with Crippen molar-refractivity contribution in [2.75, 3.05) is 11.9 Å². The van der Waals surface area contributed by atoms with Crippen molar-refractivity contribution in [3.05, 3.63) is 76.3 Å². The van der Waals surface area contributed by atoms with Crippen LogP contribution in [0.3, 0.4) is 0 Å². The van der Waals surface area contributed by atoms with Gasteiger partial charge in [-0.05, 0) is 48.2 Å². The molecular weight excluding hydrogens is 404 g/mol. The number of nitrogens with one attached hydrogen (secondary N) is 1. The Hall–Kier alpha value is -3.10. The zero-order valence-corrected chi connectivity index (χ0v) is 16.3. The minimum atomic E-state index is -0.450. The van der Waals surface area contributed by atoms with Crippen LogP contribution >= 0.6 is 15.9 Å². The third-order valence-corrected chi connectivity index (χ3v) is 4.46. The summed E-state index contributed by atoms with van der Waals surface area (Å²) >= 11 is 3.36. The van der Waals surface area contributed by atoms with Crippen LogP contribution < -0.4 is 10.1 Å². The van der Waals surface area contributed by atoms with Crippen molar-refractivity contribution in [2.45, 2.75) is 6.92 Å². The molecule has 0 unspecified atom stereocenters. The third-order valence-electron chi connectivity index (χ3n) is 3.97. The van der Waals surface area contributed by atoms with Gasteiger partial charge >= 0.3 is 0 Å². The molecule has 0 aliphatic heterocycles. The summed E-state index contributed by atoms with van der Waals surface area (Å²) in [5, 5.41) is 14.1. The Morgan fingerprint density at radius 3 is 2.63 bits per heavy atom. The van der Waals surface area contributed by atoms with Gasteiger partial charge < -0.3 is 10.1 Å². The molecule has 3 rings (SSSR count). The normalized spacial score (nSPS) is 11.1. The molecule has 134 valence electrons. The van der Waals surface area contributed by atoms with Gasteiger partial charge in [-0.1, -0.05) is 52.3 Å². The highest BCUT2D eigenvalue weighted by molar-refractivity contribution is 9.10. The first kappa shape index (κ1) is 18.7. The van der Waals surface area contributed by atoms with Gasteiger partial charge in [-0.25, -0.2) is 0 Å². The van der Waals surface area contributed by atoms with Crippen molar-refractivity contribution < 1.29 is 9.53 Å². The number of carbonyl (C=O) groups is 1. The summed E-state index contributed by atoms with van der Waals surface area (Å²) in [5.41, 5.74) is 1.44. The van der Waals surface area contributed by atoms with Crippen molar-refractivity contribution in [1.29, 1.82) is 5.26 Å². The summed E-state index contributed by atoms with van der Waals surface area (Å²) in [7, 11) is 0. The highest BCUT2D eigenvalue weighted by Crippen LogP contribution is 2.30. The van der Waals surface area contributed by atoms with Gasteiger partial charge in [0.05, 0.1) is 6.61 Å². The van der Waals surface area contributed by atoms with E-state index in [0.29, 0.717) is 12.3 Å². The van der Waals surface area contributed by atoms with Crippen LogP contribution in [-0.2, 0) is 4.79 Å². The second kappa shape index (κ2) is 8.52. The van der Waals surface area contributed by atoms with Gasteiger partial charge in [0.1, 0.15) is 17.4 Å². The number of halogens is 1. The molecule has 0 aromatic heterocycles. The van der Waals surface area contributed by atoms with Crippen LogP contribution in [0.5, 0.6) is 5.75 Å². The van der Waals surface area contributed by atoms with Crippen molar-refractivity contribution >= 4 is 44.4 Å². The van der Waals surface area contributed by atoms with Crippen LogP contribution in [0.15, 0.2) is 70.7 Å². The van der Waals surface area contributed by atoms with Gasteiger partial charge in [0.25, 0.3) is 5.91 Å². The number of benzene rings is 3. The lowest BCUT2D eigenvalue weighted by Crippen LogP contribution is -2.13. The van der Waals surface area contributed by atoms with Crippen LogP contribution in [0.1, 0.15) is 12.5 Å². The van der Waals surface area contributed by atoms with Gasteiger partial charge in [0, 0.05) is 15.5 Å². The van der Waals surface area contributed by atoms with Crippen molar-refractivity contribution in [3.63, 3.8) is 0 Å². The molecule has 3 aromatic rings. The molecule has 1 N–H and O–H groups in total. The number of hydrogen-bond donors (Lipinski definition) is 1. The van der Waals surface area contributed by atoms with Gasteiger partial charge in [-0.3, -0.25) is 4.79 Å². The third kappa shape index (κ3) is 4.36. The Bertz CT molecular complexity index is 1070. The van der Waals surface area contributed by atoms with Crippen LogP contribution in [0.2, 0.25) is 0 Å². The SMILES string of the molecule is CCOc1ccc(/C=C(/C#N)C(=O)Nc2cccc(Br)c2)c2ccccc12. The standard InChI is InChI=1S/C22H17BrN2O2/c1-2-27-21-11-10-15(19-8-3-4-9-20(19)21)12-16(14-24)22(26)25-18-7-5-6-17(23)13-18/h3-13H,2H2,1H3,(H,25,26)/b16-12-. The van der Waals surface area contributed by atoms with E-state index in [4.69, 9.17) is 4.74 Å². The first-order valence-electron chi connectivity index (χ1n) is 8.45. The summed E-state index contributed by atoms with van der Waals surface area (Å²) in [6.07, 6.45) is 1.60. The van der Waals surface area contributed by atoms with Gasteiger partial charge in [0.15, 0.2) is 0 Å². The second-order valence-corrected chi connectivity index (χ2v) is 6.68. The number of amides is 1. The molecule has 0 aliphatic carbocycles. The highest BCUT2D eigenvalue weighted by atomic mass is 79.9. The van der Waals surface area contributed by atoms with Crippen LogP contribution in [0.4, 0.5) is 5.69 Å². The number of anilines is 1. The Balaban J connectivity index is 1.97. The molecule has 1 amide bonds. The number of nitrogens with zero attached hydrogens (tertiary/aromatic N) is 1. The summed E-state index contributed by atoms with van der Waals surface area (Å²) in [4.78, 5) is 12.5. The maximum absolute atomic E-state index is 12.5. The highest BCUT2D eigenvalue weighted by Gasteiger charge is 2.12. The molecule has 27 heavy (non-hydrogen) atoms. The van der Waals surface area contributed by atoms with Crippen molar-refractivity contribution in [3.8, 4) is 11.8 Å². The molecule has 0 spiro atoms. The molecule has 0 saturated heterocycles. The van der Waals surface area contributed by atoms with Crippen molar-refractivity contribution in [2.24, 2.45) is 0 Å². The maximum atomic E-state index is 12.5. The Labute approximate surface area is 166 Å². The second-order valence-electron chi connectivity index (χ2n) is 5.77. The first-order valence-corrected chi connectivity index (χ1v) is 9.25. The molecule has 3 aromatic carbocycles. The molecule has 4 nitrogen and oxygen atoms in total. The van der Waals surface area contributed by atoms with E-state index in [1.807, 2.05) is 61.5 Å². The quantitative estimate of drug-likeness (QED) is 0.434. The summed E-state index contributed by atoms with van der Waals surface area (Å²) in [6, 6.07) is 20.7. The van der Waals surface area contributed by atoms with Crippen molar-refractivity contribution in [1.82, 2.24) is 0 Å². The lowest BCUT2D eigenvalue weighted by molar-refractivity contribution is -0.112. The number of rotatable bonds is 5. The monoisotopic (exact) mass is 420 g/mol. The molecule has 0 heterocycles. The largest absolute Gasteiger partial charge is 0.493 e. The Kier molecular flexibility index (Phi) is 5.90. The number of carbonyl (C=O) groups excluding carboxylic acids is 1. The molecule has 5 heteroatoms. The van der Waals surface area contributed by atoms with E-state index in [0.717, 1.165) is 26.6 Å². The topological polar surface area (TPSA) is 62.1 Å². The fourth-order valence-corrected chi connectivity index (χ4v) is 3.17. The maximum Gasteiger partial charge on any atom is 0.266 e. The molecule has 0 bridgehead atoms. The fourth-order valence-electron chi connectivity index (χ4n) is 2.77. The lowest BCUT2D eigenvalue weighted by Gasteiger charge is -2.10. The zero-order chi connectivity index (χ0) is 19.2. The molecular formula is C22H17BrN2O2. The Morgan fingerprint density at radius 1 is 1.15 bits per heavy atom. The van der Waals surface area contributed by atoms with Gasteiger partial charge in [-0.2, -0.15) is 5.26 Å². The summed E-state index contributed by atoms with van der Waals surface area (Å²) in [6.45, 7) is 2.50. The smallest absolute Gasteiger partial charge is 0.266 e. The summed E-state index contributed by atoms with van der Waals surface area (Å²) in [5.74, 6) is 0.330. The van der Waals surface area contributed by atoms with Gasteiger partial charge in [0.2, 0.25) is 0 Å².